The Morgan fingerprint density at radius 2 is 1.52 bits per heavy atom. The topological polar surface area (TPSA) is 44.5 Å². The maximum atomic E-state index is 11.9. The van der Waals surface area contributed by atoms with Crippen LogP contribution in [0.5, 0.6) is 0 Å². The number of nitrogens with zero attached hydrogens (tertiary/aromatic N) is 1. The summed E-state index contributed by atoms with van der Waals surface area (Å²) in [5.74, 6) is 0. The molecule has 23 heavy (non-hydrogen) atoms. The van der Waals surface area contributed by atoms with Crippen molar-refractivity contribution in [2.24, 2.45) is 0 Å². The van der Waals surface area contributed by atoms with Gasteiger partial charge in [-0.25, -0.2) is 4.74 Å². The van der Waals surface area contributed by atoms with Crippen molar-refractivity contribution in [3.63, 3.8) is 0 Å². The minimum atomic E-state index is -0.276. The van der Waals surface area contributed by atoms with Crippen LogP contribution in [0.25, 0.3) is 0 Å². The molecule has 2 atom stereocenters. The summed E-state index contributed by atoms with van der Waals surface area (Å²) in [6.07, 6.45) is 2.16. The van der Waals surface area contributed by atoms with Gasteiger partial charge >= 0.3 is 0 Å². The highest BCUT2D eigenvalue weighted by Gasteiger charge is 2.34. The SMILES string of the molecule is [O-][N+]1=CC[C@@H](OCc2ccccc2)[C@@H]1COCc1ccccc1. The number of benzene rings is 2. The summed E-state index contributed by atoms with van der Waals surface area (Å²) in [7, 11) is 0. The number of rotatable bonds is 7. The lowest BCUT2D eigenvalue weighted by molar-refractivity contribution is -0.504. The lowest BCUT2D eigenvalue weighted by Crippen LogP contribution is -2.35. The second-order valence-electron chi connectivity index (χ2n) is 5.68. The van der Waals surface area contributed by atoms with Crippen molar-refractivity contribution in [1.82, 2.24) is 0 Å². The molecule has 3 rings (SSSR count). The first-order valence-electron chi connectivity index (χ1n) is 7.89. The molecule has 0 fully saturated rings. The van der Waals surface area contributed by atoms with Crippen LogP contribution in [0.2, 0.25) is 0 Å². The van der Waals surface area contributed by atoms with Crippen LogP contribution >= 0.6 is 0 Å². The van der Waals surface area contributed by atoms with Gasteiger partial charge in [-0.3, -0.25) is 0 Å². The highest BCUT2D eigenvalue weighted by molar-refractivity contribution is 5.54. The second-order valence-corrected chi connectivity index (χ2v) is 5.68. The van der Waals surface area contributed by atoms with Gasteiger partial charge in [0.2, 0.25) is 6.04 Å². The predicted octanol–water partition coefficient (Wildman–Crippen LogP) is 3.14. The smallest absolute Gasteiger partial charge is 0.212 e. The lowest BCUT2D eigenvalue weighted by Gasteiger charge is -2.19. The fourth-order valence-corrected chi connectivity index (χ4v) is 2.67. The van der Waals surface area contributed by atoms with Crippen LogP contribution in [0.3, 0.4) is 0 Å². The van der Waals surface area contributed by atoms with Gasteiger partial charge in [-0.1, -0.05) is 60.7 Å². The molecule has 0 saturated carbocycles. The van der Waals surface area contributed by atoms with Crippen molar-refractivity contribution in [3.8, 4) is 0 Å². The summed E-state index contributed by atoms with van der Waals surface area (Å²) >= 11 is 0. The molecule has 0 saturated heterocycles. The van der Waals surface area contributed by atoms with Gasteiger partial charge < -0.3 is 14.7 Å². The van der Waals surface area contributed by atoms with Crippen molar-refractivity contribution >= 4 is 6.21 Å². The average molecular weight is 311 g/mol. The molecule has 1 aliphatic rings. The first-order valence-corrected chi connectivity index (χ1v) is 7.89. The van der Waals surface area contributed by atoms with Gasteiger partial charge in [0.05, 0.1) is 19.6 Å². The molecule has 0 spiro atoms. The van der Waals surface area contributed by atoms with E-state index < -0.39 is 0 Å². The first kappa shape index (κ1) is 15.7. The molecule has 0 amide bonds. The van der Waals surface area contributed by atoms with Gasteiger partial charge in [-0.15, -0.1) is 0 Å². The summed E-state index contributed by atoms with van der Waals surface area (Å²) in [6, 6.07) is 19.7. The third kappa shape index (κ3) is 4.41. The third-order valence-electron chi connectivity index (χ3n) is 3.98. The summed E-state index contributed by atoms with van der Waals surface area (Å²) in [5.41, 5.74) is 2.22. The number of hydrogen-bond donors (Lipinski definition) is 0. The van der Waals surface area contributed by atoms with Crippen LogP contribution in [0.4, 0.5) is 0 Å². The first-order chi connectivity index (χ1) is 11.3. The molecule has 0 aliphatic carbocycles. The molecule has 4 nitrogen and oxygen atoms in total. The van der Waals surface area contributed by atoms with Crippen molar-refractivity contribution in [2.45, 2.75) is 31.8 Å². The summed E-state index contributed by atoms with van der Waals surface area (Å²) in [5, 5.41) is 11.9. The van der Waals surface area contributed by atoms with Crippen LogP contribution in [0.15, 0.2) is 60.7 Å². The maximum Gasteiger partial charge on any atom is 0.212 e. The molecule has 0 radical (unpaired) electrons. The molecule has 0 bridgehead atoms. The van der Waals surface area contributed by atoms with E-state index in [2.05, 4.69) is 0 Å². The predicted molar refractivity (Wildman–Crippen MR) is 89.2 cm³/mol. The molecule has 0 aromatic heterocycles. The summed E-state index contributed by atoms with van der Waals surface area (Å²) < 4.78 is 12.6. The number of hydrogen-bond acceptors (Lipinski definition) is 3. The van der Waals surface area contributed by atoms with Crippen LogP contribution in [-0.2, 0) is 22.7 Å². The van der Waals surface area contributed by atoms with Crippen molar-refractivity contribution < 1.29 is 14.2 Å². The molecule has 1 aliphatic heterocycles. The minimum Gasteiger partial charge on any atom is -0.624 e. The van der Waals surface area contributed by atoms with Crippen molar-refractivity contribution in [3.05, 3.63) is 77.0 Å². The van der Waals surface area contributed by atoms with Gasteiger partial charge in [0.1, 0.15) is 12.7 Å². The normalized spacial score (nSPS) is 20.4. The van der Waals surface area contributed by atoms with Crippen molar-refractivity contribution in [2.75, 3.05) is 6.61 Å². The zero-order chi connectivity index (χ0) is 15.9. The zero-order valence-electron chi connectivity index (χ0n) is 13.0. The van der Waals surface area contributed by atoms with E-state index in [1.165, 1.54) is 0 Å². The van der Waals surface area contributed by atoms with Crippen molar-refractivity contribution in [1.29, 1.82) is 0 Å². The number of ether oxygens (including phenoxy) is 2. The Morgan fingerprint density at radius 1 is 0.913 bits per heavy atom. The summed E-state index contributed by atoms with van der Waals surface area (Å²) in [6.45, 7) is 1.40. The maximum absolute atomic E-state index is 11.9. The quantitative estimate of drug-likeness (QED) is 0.583. The van der Waals surface area contributed by atoms with E-state index in [-0.39, 0.29) is 12.1 Å². The molecule has 1 heterocycles. The third-order valence-corrected chi connectivity index (χ3v) is 3.98. The van der Waals surface area contributed by atoms with E-state index in [0.29, 0.717) is 26.2 Å². The monoisotopic (exact) mass is 311 g/mol. The van der Waals surface area contributed by atoms with E-state index in [9.17, 15) is 5.21 Å². The van der Waals surface area contributed by atoms with Gasteiger partial charge in [0.15, 0.2) is 6.21 Å². The molecular formula is C19H21NO3. The van der Waals surface area contributed by atoms with Crippen LogP contribution < -0.4 is 0 Å². The van der Waals surface area contributed by atoms with Gasteiger partial charge in [0, 0.05) is 0 Å². The van der Waals surface area contributed by atoms with Gasteiger partial charge in [-0.2, -0.15) is 0 Å². The van der Waals surface area contributed by atoms with E-state index >= 15 is 0 Å². The van der Waals surface area contributed by atoms with E-state index in [4.69, 9.17) is 9.47 Å². The highest BCUT2D eigenvalue weighted by atomic mass is 16.5. The molecule has 2 aromatic rings. The Bertz CT molecular complexity index is 628. The summed E-state index contributed by atoms with van der Waals surface area (Å²) in [4.78, 5) is 0. The molecule has 2 aromatic carbocycles. The Kier molecular flexibility index (Phi) is 5.40. The Hall–Kier alpha value is -2.17. The molecule has 0 unspecified atom stereocenters. The Morgan fingerprint density at radius 3 is 2.17 bits per heavy atom. The second kappa shape index (κ2) is 7.90. The molecular weight excluding hydrogens is 290 g/mol. The molecule has 4 heteroatoms. The van der Waals surface area contributed by atoms with Gasteiger partial charge in [0.25, 0.3) is 0 Å². The van der Waals surface area contributed by atoms with E-state index in [1.54, 1.807) is 6.21 Å². The zero-order valence-corrected chi connectivity index (χ0v) is 13.0. The molecule has 120 valence electrons. The van der Waals surface area contributed by atoms with E-state index in [1.807, 2.05) is 60.7 Å². The van der Waals surface area contributed by atoms with Crippen LogP contribution in [0.1, 0.15) is 17.5 Å². The largest absolute Gasteiger partial charge is 0.624 e. The minimum absolute atomic E-state index is 0.122. The average Bonchev–Trinajstić information content (AvgIpc) is 2.95. The Balaban J connectivity index is 1.49. The molecule has 0 N–H and O–H groups in total. The fraction of sp³-hybridized carbons (Fsp3) is 0.316. The Labute approximate surface area is 136 Å². The van der Waals surface area contributed by atoms with E-state index in [0.717, 1.165) is 15.9 Å². The highest BCUT2D eigenvalue weighted by Crippen LogP contribution is 2.16. The van der Waals surface area contributed by atoms with Gasteiger partial charge in [-0.05, 0) is 11.1 Å². The number of hydroxylamine groups is 1. The fourth-order valence-electron chi connectivity index (χ4n) is 2.67. The standard InChI is InChI=1S/C19H21NO3/c21-20-12-11-19(23-14-17-9-5-2-6-10-17)18(20)15-22-13-16-7-3-1-4-8-16/h1-10,12,18-19H,11,13-15H2/t18-,19+/m0/s1. The van der Waals surface area contributed by atoms with Crippen LogP contribution in [0, 0.1) is 5.21 Å². The lowest BCUT2D eigenvalue weighted by atomic mass is 10.1. The van der Waals surface area contributed by atoms with Crippen LogP contribution in [-0.4, -0.2) is 29.7 Å².